The fraction of sp³-hybridized carbons (Fsp3) is 0.333. The summed E-state index contributed by atoms with van der Waals surface area (Å²) in [6.45, 7) is 0.486. The summed E-state index contributed by atoms with van der Waals surface area (Å²) in [6.07, 6.45) is 0. The number of nitrogens with two attached hydrogens (primary N) is 1. The molecule has 3 rings (SSSR count). The van der Waals surface area contributed by atoms with E-state index in [1.54, 1.807) is 12.1 Å². The Bertz CT molecular complexity index is 633. The molecule has 1 saturated carbocycles. The van der Waals surface area contributed by atoms with Crippen molar-refractivity contribution < 1.29 is 13.5 Å². The fourth-order valence-corrected chi connectivity index (χ4v) is 3.70. The summed E-state index contributed by atoms with van der Waals surface area (Å²) >= 11 is 1.44. The Morgan fingerprint density at radius 2 is 1.70 bits per heavy atom. The van der Waals surface area contributed by atoms with E-state index in [0.717, 1.165) is 10.5 Å². The van der Waals surface area contributed by atoms with Crippen LogP contribution in [0.2, 0.25) is 0 Å². The maximum Gasteiger partial charge on any atom is 0.257 e. The van der Waals surface area contributed by atoms with Gasteiger partial charge in [0.05, 0.1) is 19.1 Å². The first kappa shape index (κ1) is 16.3. The Balaban J connectivity index is 1.44. The molecule has 0 aromatic heterocycles. The molecule has 1 aliphatic rings. The number of rotatable bonds is 7. The summed E-state index contributed by atoms with van der Waals surface area (Å²) in [5.74, 6) is -3.50. The zero-order chi connectivity index (χ0) is 16.3. The van der Waals surface area contributed by atoms with Crippen molar-refractivity contribution in [1.82, 2.24) is 0 Å². The van der Waals surface area contributed by atoms with Gasteiger partial charge in [-0.15, -0.1) is 11.8 Å². The molecule has 0 unspecified atom stereocenters. The molecule has 5 heteroatoms. The molecule has 0 radical (unpaired) electrons. The molecule has 0 saturated heterocycles. The molecular weight excluding hydrogens is 316 g/mol. The van der Waals surface area contributed by atoms with Crippen molar-refractivity contribution in [3.63, 3.8) is 0 Å². The van der Waals surface area contributed by atoms with Crippen molar-refractivity contribution in [3.05, 3.63) is 60.2 Å². The Kier molecular flexibility index (Phi) is 4.87. The lowest BCUT2D eigenvalue weighted by Gasteiger charge is -2.03. The first-order valence-electron chi connectivity index (χ1n) is 7.55. The van der Waals surface area contributed by atoms with Crippen LogP contribution in [-0.2, 0) is 11.3 Å². The number of hydrogen-bond acceptors (Lipinski definition) is 3. The van der Waals surface area contributed by atoms with Gasteiger partial charge in [-0.2, -0.15) is 0 Å². The highest BCUT2D eigenvalue weighted by Crippen LogP contribution is 2.57. The number of halogens is 2. The molecule has 0 spiro atoms. The normalized spacial score (nSPS) is 22.0. The maximum atomic E-state index is 13.8. The van der Waals surface area contributed by atoms with E-state index in [2.05, 4.69) is 0 Å². The largest absolute Gasteiger partial charge is 0.399 e. The third kappa shape index (κ3) is 4.03. The predicted octanol–water partition coefficient (Wildman–Crippen LogP) is 4.46. The van der Waals surface area contributed by atoms with Crippen molar-refractivity contribution >= 4 is 17.4 Å². The summed E-state index contributed by atoms with van der Waals surface area (Å²) in [6, 6.07) is 16.9. The molecule has 0 amide bonds. The van der Waals surface area contributed by atoms with Gasteiger partial charge < -0.3 is 10.5 Å². The van der Waals surface area contributed by atoms with Gasteiger partial charge in [-0.1, -0.05) is 30.3 Å². The second-order valence-corrected chi connectivity index (χ2v) is 6.86. The fourth-order valence-electron chi connectivity index (χ4n) is 2.54. The number of nitrogen functional groups attached to an aromatic ring is 1. The summed E-state index contributed by atoms with van der Waals surface area (Å²) in [5.41, 5.74) is 7.30. The first-order valence-corrected chi connectivity index (χ1v) is 8.54. The van der Waals surface area contributed by atoms with Gasteiger partial charge in [0.25, 0.3) is 5.92 Å². The molecule has 122 valence electrons. The number of alkyl halides is 2. The van der Waals surface area contributed by atoms with Crippen LogP contribution >= 0.6 is 11.8 Å². The molecular formula is C18H19F2NOS. The lowest BCUT2D eigenvalue weighted by atomic mass is 10.2. The van der Waals surface area contributed by atoms with Gasteiger partial charge >= 0.3 is 0 Å². The van der Waals surface area contributed by atoms with E-state index in [-0.39, 0.29) is 6.61 Å². The maximum absolute atomic E-state index is 13.8. The number of anilines is 1. The topological polar surface area (TPSA) is 35.2 Å². The summed E-state index contributed by atoms with van der Waals surface area (Å²) in [5, 5.41) is 0. The second kappa shape index (κ2) is 6.89. The Morgan fingerprint density at radius 1 is 1.00 bits per heavy atom. The Morgan fingerprint density at radius 3 is 2.39 bits per heavy atom. The highest BCUT2D eigenvalue weighted by Gasteiger charge is 2.67. The number of thioether (sulfide) groups is 1. The highest BCUT2D eigenvalue weighted by atomic mass is 32.2. The van der Waals surface area contributed by atoms with Crippen molar-refractivity contribution in [3.8, 4) is 0 Å². The molecule has 2 nitrogen and oxygen atoms in total. The number of hydrogen-bond donors (Lipinski definition) is 1. The molecule has 1 aliphatic carbocycles. The van der Waals surface area contributed by atoms with Crippen molar-refractivity contribution in [2.45, 2.75) is 17.4 Å². The van der Waals surface area contributed by atoms with E-state index < -0.39 is 17.8 Å². The van der Waals surface area contributed by atoms with Gasteiger partial charge in [-0.05, 0) is 29.8 Å². The van der Waals surface area contributed by atoms with Gasteiger partial charge in [-0.25, -0.2) is 8.78 Å². The number of ether oxygens (including phenoxy) is 1. The summed E-state index contributed by atoms with van der Waals surface area (Å²) in [4.78, 5) is 0.964. The van der Waals surface area contributed by atoms with Crippen LogP contribution in [0.5, 0.6) is 0 Å². The molecule has 1 fully saturated rings. The molecule has 2 N–H and O–H groups in total. The Labute approximate surface area is 139 Å². The van der Waals surface area contributed by atoms with Gasteiger partial charge in [-0.3, -0.25) is 0 Å². The minimum absolute atomic E-state index is 0.106. The highest BCUT2D eigenvalue weighted by molar-refractivity contribution is 7.99. The van der Waals surface area contributed by atoms with Crippen LogP contribution in [0.3, 0.4) is 0 Å². The van der Waals surface area contributed by atoms with Crippen molar-refractivity contribution in [2.24, 2.45) is 11.8 Å². The summed E-state index contributed by atoms with van der Waals surface area (Å²) < 4.78 is 33.2. The lowest BCUT2D eigenvalue weighted by Crippen LogP contribution is -2.03. The molecule has 0 aliphatic heterocycles. The quantitative estimate of drug-likeness (QED) is 0.599. The molecule has 2 aromatic carbocycles. The third-order valence-corrected chi connectivity index (χ3v) is 5.22. The van der Waals surface area contributed by atoms with Crippen LogP contribution in [0.4, 0.5) is 14.5 Å². The van der Waals surface area contributed by atoms with Crippen LogP contribution < -0.4 is 5.73 Å². The predicted molar refractivity (Wildman–Crippen MR) is 89.6 cm³/mol. The first-order chi connectivity index (χ1) is 11.1. The molecule has 0 bridgehead atoms. The molecule has 0 heterocycles. The van der Waals surface area contributed by atoms with Crippen LogP contribution in [0, 0.1) is 11.8 Å². The molecule has 2 atom stereocenters. The van der Waals surface area contributed by atoms with Gasteiger partial charge in [0.2, 0.25) is 0 Å². The van der Waals surface area contributed by atoms with E-state index in [9.17, 15) is 8.78 Å². The van der Waals surface area contributed by atoms with Crippen molar-refractivity contribution in [2.75, 3.05) is 18.1 Å². The Hall–Kier alpha value is -1.59. The van der Waals surface area contributed by atoms with E-state index >= 15 is 0 Å². The standard InChI is InChI=1S/C18H19F2NOS/c19-18(20)16(11-22-10-13-4-2-1-3-5-13)17(18)12-23-15-8-6-14(21)7-9-15/h1-9,16-17H,10-12,21H2/t16-,17+/m0/s1. The summed E-state index contributed by atoms with van der Waals surface area (Å²) in [7, 11) is 0. The monoisotopic (exact) mass is 335 g/mol. The molecule has 23 heavy (non-hydrogen) atoms. The zero-order valence-corrected chi connectivity index (χ0v) is 13.4. The minimum Gasteiger partial charge on any atom is -0.399 e. The lowest BCUT2D eigenvalue weighted by molar-refractivity contribution is 0.0467. The van der Waals surface area contributed by atoms with Gasteiger partial charge in [0, 0.05) is 22.3 Å². The van der Waals surface area contributed by atoms with Crippen LogP contribution in [-0.4, -0.2) is 18.3 Å². The van der Waals surface area contributed by atoms with Crippen molar-refractivity contribution in [1.29, 1.82) is 0 Å². The third-order valence-electron chi connectivity index (χ3n) is 4.08. The minimum atomic E-state index is -2.61. The van der Waals surface area contributed by atoms with E-state index in [4.69, 9.17) is 10.5 Å². The average molecular weight is 335 g/mol. The van der Waals surface area contributed by atoms with E-state index in [1.165, 1.54) is 11.8 Å². The van der Waals surface area contributed by atoms with Crippen LogP contribution in [0.1, 0.15) is 5.56 Å². The smallest absolute Gasteiger partial charge is 0.257 e. The van der Waals surface area contributed by atoms with E-state index in [1.807, 2.05) is 42.5 Å². The SMILES string of the molecule is Nc1ccc(SC[C@@H]2[C@H](COCc3ccccc3)C2(F)F)cc1. The van der Waals surface area contributed by atoms with Crippen LogP contribution in [0.25, 0.3) is 0 Å². The van der Waals surface area contributed by atoms with E-state index in [0.29, 0.717) is 18.0 Å². The van der Waals surface area contributed by atoms with Gasteiger partial charge in [0.1, 0.15) is 0 Å². The zero-order valence-electron chi connectivity index (χ0n) is 12.6. The second-order valence-electron chi connectivity index (χ2n) is 5.77. The number of benzene rings is 2. The molecule has 2 aromatic rings. The van der Waals surface area contributed by atoms with Gasteiger partial charge in [0.15, 0.2) is 0 Å². The average Bonchev–Trinajstić information content (AvgIpc) is 3.08. The van der Waals surface area contributed by atoms with Crippen LogP contribution in [0.15, 0.2) is 59.5 Å².